The zero-order valence-corrected chi connectivity index (χ0v) is 21.6. The van der Waals surface area contributed by atoms with Gasteiger partial charge in [-0.2, -0.15) is 9.49 Å². The number of amides is 1. The Kier molecular flexibility index (Phi) is 5.85. The minimum Gasteiger partial charge on any atom is -0.336 e. The number of rotatable bonds is 5. The van der Waals surface area contributed by atoms with Gasteiger partial charge >= 0.3 is 0 Å². The van der Waals surface area contributed by atoms with E-state index in [9.17, 15) is 9.18 Å². The van der Waals surface area contributed by atoms with Gasteiger partial charge in [0.1, 0.15) is 16.9 Å². The second kappa shape index (κ2) is 9.66. The Hall–Kier alpha value is -4.51. The third kappa shape index (κ3) is 4.44. The highest BCUT2D eigenvalue weighted by Gasteiger charge is 2.22. The summed E-state index contributed by atoms with van der Waals surface area (Å²) < 4.78 is 13.7. The van der Waals surface area contributed by atoms with Crippen molar-refractivity contribution in [3.8, 4) is 33.3 Å². The molecule has 0 unspecified atom stereocenters. The van der Waals surface area contributed by atoms with Gasteiger partial charge in [-0.25, -0.2) is 4.98 Å². The molecule has 194 valence electrons. The van der Waals surface area contributed by atoms with Crippen molar-refractivity contribution in [1.82, 2.24) is 35.1 Å². The molecule has 0 saturated heterocycles. The van der Waals surface area contributed by atoms with Crippen LogP contribution in [-0.4, -0.2) is 41.0 Å². The first kappa shape index (κ1) is 23.6. The predicted octanol–water partition coefficient (Wildman–Crippen LogP) is 6.34. The Balaban J connectivity index is 1.22. The number of carbonyl (C=O) groups excluding carboxylic acids is 1. The Labute approximate surface area is 226 Å². The normalized spacial score (nSPS) is 14.3. The highest BCUT2D eigenvalue weighted by Crippen LogP contribution is 2.34. The average Bonchev–Trinajstić information content (AvgIpc) is 3.71. The Bertz CT molecular complexity index is 1830. The van der Waals surface area contributed by atoms with Gasteiger partial charge in [0.15, 0.2) is 11.0 Å². The number of halogens is 1. The number of carbonyl (C=O) groups is 1. The van der Waals surface area contributed by atoms with E-state index in [4.69, 9.17) is 4.98 Å². The van der Waals surface area contributed by atoms with Crippen LogP contribution in [0.2, 0.25) is 0 Å². The molecule has 0 aromatic carbocycles. The fourth-order valence-electron chi connectivity index (χ4n) is 5.18. The van der Waals surface area contributed by atoms with Gasteiger partial charge < -0.3 is 10.3 Å². The number of H-pyrrole nitrogens is 2. The molecule has 1 fully saturated rings. The molecule has 39 heavy (non-hydrogen) atoms. The summed E-state index contributed by atoms with van der Waals surface area (Å²) in [5.41, 5.74) is 5.54. The summed E-state index contributed by atoms with van der Waals surface area (Å²) in [5, 5.41) is 11.1. The first-order valence-corrected chi connectivity index (χ1v) is 13.7. The number of hydrogen-bond donors (Lipinski definition) is 3. The Morgan fingerprint density at radius 3 is 2.74 bits per heavy atom. The van der Waals surface area contributed by atoms with Gasteiger partial charge in [0, 0.05) is 29.3 Å². The lowest BCUT2D eigenvalue weighted by Gasteiger charge is -2.20. The summed E-state index contributed by atoms with van der Waals surface area (Å²) in [6.45, 7) is 0. The fraction of sp³-hybridized carbons (Fsp3) is 0.214. The van der Waals surface area contributed by atoms with Crippen molar-refractivity contribution in [1.29, 1.82) is 0 Å². The van der Waals surface area contributed by atoms with E-state index in [-0.39, 0.29) is 17.0 Å². The van der Waals surface area contributed by atoms with E-state index < -0.39 is 0 Å². The van der Waals surface area contributed by atoms with Gasteiger partial charge in [-0.05, 0) is 43.2 Å². The number of thiophene rings is 1. The molecule has 6 aromatic rings. The minimum absolute atomic E-state index is 0.0539. The van der Waals surface area contributed by atoms with Crippen LogP contribution in [0.5, 0.6) is 0 Å². The van der Waals surface area contributed by atoms with Crippen LogP contribution in [0.15, 0.2) is 55.1 Å². The quantitative estimate of drug-likeness (QED) is 0.235. The largest absolute Gasteiger partial charge is 0.336 e. The van der Waals surface area contributed by atoms with Crippen LogP contribution in [0.4, 0.5) is 10.1 Å². The number of aromatic nitrogens is 7. The van der Waals surface area contributed by atoms with Crippen molar-refractivity contribution in [2.45, 2.75) is 32.1 Å². The highest BCUT2D eigenvalue weighted by molar-refractivity contribution is 7.13. The molecule has 1 aliphatic rings. The van der Waals surface area contributed by atoms with E-state index in [0.29, 0.717) is 39.0 Å². The fourth-order valence-corrected chi connectivity index (χ4v) is 5.91. The molecule has 1 saturated carbocycles. The molecule has 0 radical (unpaired) electrons. The molecule has 6 aromatic heterocycles. The monoisotopic (exact) mass is 538 g/mol. The molecule has 0 aliphatic heterocycles. The summed E-state index contributed by atoms with van der Waals surface area (Å²) in [5.74, 6) is 0.674. The maximum absolute atomic E-state index is 13.7. The van der Waals surface area contributed by atoms with E-state index in [1.807, 2.05) is 18.2 Å². The molecule has 1 amide bonds. The van der Waals surface area contributed by atoms with E-state index in [1.54, 1.807) is 30.9 Å². The van der Waals surface area contributed by atoms with Crippen LogP contribution in [0.1, 0.15) is 32.1 Å². The zero-order valence-electron chi connectivity index (χ0n) is 20.7. The van der Waals surface area contributed by atoms with Crippen LogP contribution in [-0.2, 0) is 4.79 Å². The maximum atomic E-state index is 13.7. The second-order valence-electron chi connectivity index (χ2n) is 9.72. The molecule has 1 aliphatic carbocycles. The van der Waals surface area contributed by atoms with Gasteiger partial charge in [0.2, 0.25) is 5.91 Å². The molecule has 0 spiro atoms. The number of hydrogen-bond acceptors (Lipinski definition) is 7. The first-order chi connectivity index (χ1) is 19.1. The van der Waals surface area contributed by atoms with Crippen molar-refractivity contribution in [3.63, 3.8) is 0 Å². The molecule has 7 rings (SSSR count). The standard InChI is InChI=1S/C28H23FN8OS/c29-23-7-6-22(39-23)26-25-19(8-9-31-26)34-27(35-25)24-18-11-20(32-14-21(18)36-37-24)16-10-17(13-30-12-16)33-28(38)15-4-2-1-3-5-15/h6-15H,1-5H2,(H,33,38)(H,34,35)(H,36,37). The molecular formula is C28H23FN8OS. The third-order valence-electron chi connectivity index (χ3n) is 7.16. The SMILES string of the molecule is O=C(Nc1cncc(-c2cc3c(-c4nc5c(-c6ccc(F)s6)nccc5[nH]4)n[nH]c3cn2)c1)C1CCCCC1. The van der Waals surface area contributed by atoms with Gasteiger partial charge in [0.25, 0.3) is 0 Å². The number of imidazole rings is 1. The molecule has 11 heteroatoms. The van der Waals surface area contributed by atoms with Crippen LogP contribution >= 0.6 is 11.3 Å². The van der Waals surface area contributed by atoms with Gasteiger partial charge in [-0.15, -0.1) is 11.3 Å². The van der Waals surface area contributed by atoms with Crippen LogP contribution in [0, 0.1) is 11.0 Å². The summed E-state index contributed by atoms with van der Waals surface area (Å²) >= 11 is 1.03. The lowest BCUT2D eigenvalue weighted by atomic mass is 9.88. The lowest BCUT2D eigenvalue weighted by molar-refractivity contribution is -0.120. The molecule has 6 heterocycles. The maximum Gasteiger partial charge on any atom is 0.227 e. The number of nitrogens with zero attached hydrogens (tertiary/aromatic N) is 5. The first-order valence-electron chi connectivity index (χ1n) is 12.8. The van der Waals surface area contributed by atoms with Crippen LogP contribution in [0.3, 0.4) is 0 Å². The van der Waals surface area contributed by atoms with Gasteiger partial charge in [0.05, 0.1) is 39.7 Å². The van der Waals surface area contributed by atoms with Crippen LogP contribution < -0.4 is 5.32 Å². The third-order valence-corrected chi connectivity index (χ3v) is 8.04. The summed E-state index contributed by atoms with van der Waals surface area (Å²) in [7, 11) is 0. The molecule has 9 nitrogen and oxygen atoms in total. The van der Waals surface area contributed by atoms with Gasteiger partial charge in [-0.3, -0.25) is 24.8 Å². The number of nitrogens with one attached hydrogen (secondary N) is 3. The van der Waals surface area contributed by atoms with Crippen molar-refractivity contribution in [3.05, 3.63) is 60.3 Å². The number of pyridine rings is 3. The summed E-state index contributed by atoms with van der Waals surface area (Å²) in [6.07, 6.45) is 12.0. The number of fused-ring (bicyclic) bond motifs is 2. The van der Waals surface area contributed by atoms with Gasteiger partial charge in [-0.1, -0.05) is 19.3 Å². The Morgan fingerprint density at radius 2 is 1.90 bits per heavy atom. The summed E-state index contributed by atoms with van der Waals surface area (Å²) in [6, 6.07) is 8.78. The Morgan fingerprint density at radius 1 is 1.00 bits per heavy atom. The second-order valence-corrected chi connectivity index (χ2v) is 10.8. The topological polar surface area (TPSA) is 125 Å². The van der Waals surface area contributed by atoms with Crippen molar-refractivity contribution in [2.24, 2.45) is 5.92 Å². The van der Waals surface area contributed by atoms with Crippen molar-refractivity contribution < 1.29 is 9.18 Å². The van der Waals surface area contributed by atoms with Crippen LogP contribution in [0.25, 0.3) is 55.3 Å². The predicted molar refractivity (Wildman–Crippen MR) is 148 cm³/mol. The smallest absolute Gasteiger partial charge is 0.227 e. The minimum atomic E-state index is -0.273. The average molecular weight is 539 g/mol. The molecule has 0 bridgehead atoms. The van der Waals surface area contributed by atoms with E-state index in [2.05, 4.69) is 35.5 Å². The number of anilines is 1. The number of aromatic amines is 2. The van der Waals surface area contributed by atoms with E-state index in [0.717, 1.165) is 59.0 Å². The summed E-state index contributed by atoms with van der Waals surface area (Å²) in [4.78, 5) is 35.0. The molecule has 3 N–H and O–H groups in total. The highest BCUT2D eigenvalue weighted by atomic mass is 32.1. The lowest BCUT2D eigenvalue weighted by Crippen LogP contribution is -2.24. The van der Waals surface area contributed by atoms with Crippen molar-refractivity contribution >= 4 is 44.9 Å². The van der Waals surface area contributed by atoms with E-state index >= 15 is 0 Å². The zero-order chi connectivity index (χ0) is 26.3. The molecule has 0 atom stereocenters. The van der Waals surface area contributed by atoms with E-state index in [1.165, 1.54) is 12.5 Å². The van der Waals surface area contributed by atoms with Crippen molar-refractivity contribution in [2.75, 3.05) is 5.32 Å². The molecular weight excluding hydrogens is 515 g/mol.